The second-order valence-corrected chi connectivity index (χ2v) is 11.1. The molecule has 42 heavy (non-hydrogen) atoms. The fraction of sp³-hybridized carbons (Fsp3) is 0.357. The van der Waals surface area contributed by atoms with Gasteiger partial charge in [0.05, 0.1) is 40.3 Å². The van der Waals surface area contributed by atoms with E-state index < -0.39 is 39.3 Å². The summed E-state index contributed by atoms with van der Waals surface area (Å²) in [6.07, 6.45) is -0.144. The van der Waals surface area contributed by atoms with Crippen LogP contribution in [0, 0.1) is 16.7 Å². The number of amides is 1. The Morgan fingerprint density at radius 1 is 1.24 bits per heavy atom. The van der Waals surface area contributed by atoms with Gasteiger partial charge in [0, 0.05) is 36.8 Å². The van der Waals surface area contributed by atoms with Gasteiger partial charge in [-0.15, -0.1) is 0 Å². The Morgan fingerprint density at radius 3 is 2.57 bits per heavy atom. The molecule has 1 aliphatic rings. The quantitative estimate of drug-likeness (QED) is 0.197. The number of allylic oxidation sites excluding steroid dienone is 1. The number of halogens is 3. The van der Waals surface area contributed by atoms with E-state index in [1.165, 1.54) is 36.4 Å². The highest BCUT2D eigenvalue weighted by Gasteiger charge is 2.36. The molecule has 0 saturated carbocycles. The maximum absolute atomic E-state index is 13.3. The third-order valence-corrected chi connectivity index (χ3v) is 7.65. The standard InChI is InChI=1S/C28H31F3N6O4S/c1-4-6-11-34-18(3)12-26(38)35-27(33)23-14-22(9-10-25(23)41-5-2)42(39,40)36-20-16-37(17-20)21-8-7-19(15-32)24(13-21)28(29,30)31/h7-14,20,36H,4-6,16-17H2,1-3H3,(H2,33,35,38)/b18-12+,34-11+. The van der Waals surface area contributed by atoms with Crippen molar-refractivity contribution in [3.63, 3.8) is 0 Å². The monoisotopic (exact) mass is 604 g/mol. The van der Waals surface area contributed by atoms with Crippen molar-refractivity contribution in [1.82, 2.24) is 10.0 Å². The molecule has 224 valence electrons. The third kappa shape index (κ3) is 8.17. The molecule has 0 spiro atoms. The Morgan fingerprint density at radius 2 is 1.95 bits per heavy atom. The van der Waals surface area contributed by atoms with E-state index in [-0.39, 0.29) is 47.4 Å². The molecule has 0 atom stereocenters. The predicted molar refractivity (Wildman–Crippen MR) is 152 cm³/mol. The summed E-state index contributed by atoms with van der Waals surface area (Å²) in [5, 5.41) is 19.8. The average molecular weight is 605 g/mol. The molecule has 1 saturated heterocycles. The van der Waals surface area contributed by atoms with Gasteiger partial charge in [0.1, 0.15) is 11.6 Å². The number of anilines is 1. The van der Waals surface area contributed by atoms with Gasteiger partial charge in [0.15, 0.2) is 0 Å². The first-order chi connectivity index (χ1) is 19.8. The van der Waals surface area contributed by atoms with Crippen molar-refractivity contribution in [2.24, 2.45) is 4.99 Å². The molecule has 2 aromatic carbocycles. The van der Waals surface area contributed by atoms with Crippen molar-refractivity contribution in [3.8, 4) is 11.8 Å². The van der Waals surface area contributed by atoms with Crippen LogP contribution >= 0.6 is 0 Å². The molecule has 0 radical (unpaired) electrons. The highest BCUT2D eigenvalue weighted by Crippen LogP contribution is 2.35. The lowest BCUT2D eigenvalue weighted by atomic mass is 10.0. The van der Waals surface area contributed by atoms with Crippen molar-refractivity contribution in [3.05, 3.63) is 64.9 Å². The molecule has 2 aromatic rings. The van der Waals surface area contributed by atoms with Crippen LogP contribution in [0.4, 0.5) is 18.9 Å². The lowest BCUT2D eigenvalue weighted by Gasteiger charge is -2.41. The van der Waals surface area contributed by atoms with E-state index in [9.17, 15) is 26.4 Å². The molecule has 0 bridgehead atoms. The van der Waals surface area contributed by atoms with Crippen molar-refractivity contribution in [2.45, 2.75) is 50.7 Å². The first-order valence-corrected chi connectivity index (χ1v) is 14.5. The average Bonchev–Trinajstić information content (AvgIpc) is 2.90. The zero-order valence-corrected chi connectivity index (χ0v) is 24.1. The van der Waals surface area contributed by atoms with Crippen molar-refractivity contribution in [1.29, 1.82) is 10.7 Å². The topological polar surface area (TPSA) is 148 Å². The molecule has 10 nitrogen and oxygen atoms in total. The number of hydrogen-bond acceptors (Lipinski definition) is 8. The molecule has 1 heterocycles. The van der Waals surface area contributed by atoms with E-state index >= 15 is 0 Å². The molecule has 0 aliphatic carbocycles. The van der Waals surface area contributed by atoms with Crippen LogP contribution in [0.3, 0.4) is 0 Å². The molecular weight excluding hydrogens is 573 g/mol. The molecule has 0 unspecified atom stereocenters. The summed E-state index contributed by atoms with van der Waals surface area (Å²) in [5.74, 6) is -0.802. The molecule has 3 N–H and O–H groups in total. The maximum atomic E-state index is 13.3. The van der Waals surface area contributed by atoms with Crippen LogP contribution in [-0.2, 0) is 21.0 Å². The number of nitriles is 1. The Bertz CT molecular complexity index is 1540. The maximum Gasteiger partial charge on any atom is 0.417 e. The number of amidine groups is 1. The number of unbranched alkanes of at least 4 members (excludes halogenated alkanes) is 1. The number of carbonyl (C=O) groups excluding carboxylic acids is 1. The number of alkyl halides is 3. The minimum Gasteiger partial charge on any atom is -0.493 e. The number of benzene rings is 2. The van der Waals surface area contributed by atoms with E-state index in [1.54, 1.807) is 25.0 Å². The van der Waals surface area contributed by atoms with Crippen LogP contribution in [-0.4, -0.2) is 52.1 Å². The molecule has 14 heteroatoms. The zero-order valence-electron chi connectivity index (χ0n) is 23.2. The van der Waals surface area contributed by atoms with E-state index in [0.717, 1.165) is 25.0 Å². The van der Waals surface area contributed by atoms with Crippen molar-refractivity contribution in [2.75, 3.05) is 24.6 Å². The van der Waals surface area contributed by atoms with Gasteiger partial charge < -0.3 is 15.0 Å². The van der Waals surface area contributed by atoms with Crippen LogP contribution in [0.5, 0.6) is 5.75 Å². The SMILES string of the molecule is CCC/C=N/C(C)=C/C(=O)NC(=N)c1cc(S(=O)(=O)NC2CN(c3ccc(C#N)c(C(F)(F)F)c3)C2)ccc1OCC. The zero-order chi connectivity index (χ0) is 31.1. The Labute approximate surface area is 242 Å². The van der Waals surface area contributed by atoms with E-state index in [2.05, 4.69) is 15.0 Å². The van der Waals surface area contributed by atoms with Crippen LogP contribution in [0.2, 0.25) is 0 Å². The molecule has 0 aromatic heterocycles. The number of aliphatic imine (C=N–C) groups is 1. The molecule has 1 amide bonds. The van der Waals surface area contributed by atoms with E-state index in [1.807, 2.05) is 6.92 Å². The summed E-state index contributed by atoms with van der Waals surface area (Å²) >= 11 is 0. The molecular formula is C28H31F3N6O4S. The van der Waals surface area contributed by atoms with Crippen LogP contribution in [0.25, 0.3) is 0 Å². The highest BCUT2D eigenvalue weighted by atomic mass is 32.2. The van der Waals surface area contributed by atoms with Crippen LogP contribution < -0.4 is 19.7 Å². The minimum absolute atomic E-state index is 0.0427. The van der Waals surface area contributed by atoms with E-state index in [4.69, 9.17) is 15.4 Å². The van der Waals surface area contributed by atoms with E-state index in [0.29, 0.717) is 5.70 Å². The molecule has 3 rings (SSSR count). The second-order valence-electron chi connectivity index (χ2n) is 9.40. The Hall–Kier alpha value is -4.22. The van der Waals surface area contributed by atoms with Gasteiger partial charge in [-0.1, -0.05) is 13.3 Å². The summed E-state index contributed by atoms with van der Waals surface area (Å²) in [7, 11) is -4.11. The highest BCUT2D eigenvalue weighted by molar-refractivity contribution is 7.89. The fourth-order valence-corrected chi connectivity index (χ4v) is 5.30. The fourth-order valence-electron chi connectivity index (χ4n) is 4.06. The van der Waals surface area contributed by atoms with Gasteiger partial charge in [0.2, 0.25) is 10.0 Å². The minimum atomic E-state index is -4.71. The summed E-state index contributed by atoms with van der Waals surface area (Å²) in [5.41, 5.74) is -0.864. The van der Waals surface area contributed by atoms with Gasteiger partial charge in [-0.3, -0.25) is 15.2 Å². The smallest absolute Gasteiger partial charge is 0.417 e. The second kappa shape index (κ2) is 13.6. The lowest BCUT2D eigenvalue weighted by Crippen LogP contribution is -2.59. The summed E-state index contributed by atoms with van der Waals surface area (Å²) in [6, 6.07) is 8.15. The predicted octanol–water partition coefficient (Wildman–Crippen LogP) is 4.36. The number of hydrogen-bond donors (Lipinski definition) is 3. The first-order valence-electron chi connectivity index (χ1n) is 13.0. The number of nitrogens with one attached hydrogen (secondary N) is 3. The summed E-state index contributed by atoms with van der Waals surface area (Å²) < 4.78 is 74.3. The number of carbonyl (C=O) groups is 1. The lowest BCUT2D eigenvalue weighted by molar-refractivity contribution is -0.137. The molecule has 1 aliphatic heterocycles. The number of rotatable bonds is 11. The van der Waals surface area contributed by atoms with Crippen LogP contribution in [0.1, 0.15) is 50.3 Å². The van der Waals surface area contributed by atoms with Crippen molar-refractivity contribution >= 4 is 33.7 Å². The molecule has 1 fully saturated rings. The van der Waals surface area contributed by atoms with Crippen LogP contribution in [0.15, 0.2) is 58.1 Å². The van der Waals surface area contributed by atoms with Gasteiger partial charge in [0.25, 0.3) is 5.91 Å². The third-order valence-electron chi connectivity index (χ3n) is 6.13. The van der Waals surface area contributed by atoms with Gasteiger partial charge in [-0.05, 0) is 56.7 Å². The van der Waals surface area contributed by atoms with Gasteiger partial charge in [-0.2, -0.15) is 18.4 Å². The summed E-state index contributed by atoms with van der Waals surface area (Å²) in [6.45, 7) is 5.78. The number of nitrogens with zero attached hydrogens (tertiary/aromatic N) is 3. The number of sulfonamides is 1. The number of ether oxygens (including phenoxy) is 1. The van der Waals surface area contributed by atoms with Gasteiger partial charge in [-0.25, -0.2) is 13.1 Å². The normalized spacial score (nSPS) is 14.4. The van der Waals surface area contributed by atoms with Gasteiger partial charge >= 0.3 is 6.18 Å². The summed E-state index contributed by atoms with van der Waals surface area (Å²) in [4.78, 5) is 17.9. The Balaban J connectivity index is 1.73. The van der Waals surface area contributed by atoms with Crippen molar-refractivity contribution < 1.29 is 31.1 Å². The Kier molecular flexibility index (Phi) is 10.5. The first kappa shape index (κ1) is 32.3. The largest absolute Gasteiger partial charge is 0.493 e.